The molecule has 1 unspecified atom stereocenters. The van der Waals surface area contributed by atoms with E-state index in [9.17, 15) is 4.79 Å². The fourth-order valence-electron chi connectivity index (χ4n) is 2.39. The van der Waals surface area contributed by atoms with Crippen molar-refractivity contribution >= 4 is 5.97 Å². The fraction of sp³-hybridized carbons (Fsp3) is 0.533. The van der Waals surface area contributed by atoms with Crippen LogP contribution in [0.25, 0.3) is 0 Å². The SMILES string of the molecule is CC(C1CC1)N(C)CCc1ccccc1C(=O)O. The van der Waals surface area contributed by atoms with Crippen molar-refractivity contribution in [2.24, 2.45) is 5.92 Å². The molecular weight excluding hydrogens is 226 g/mol. The first kappa shape index (κ1) is 13.1. The highest BCUT2D eigenvalue weighted by molar-refractivity contribution is 5.89. The summed E-state index contributed by atoms with van der Waals surface area (Å²) >= 11 is 0. The van der Waals surface area contributed by atoms with Crippen LogP contribution >= 0.6 is 0 Å². The third-order valence-corrected chi connectivity index (χ3v) is 3.98. The highest BCUT2D eigenvalue weighted by Gasteiger charge is 2.30. The lowest BCUT2D eigenvalue weighted by atomic mass is 10.0. The number of carboxylic acid groups (broad SMARTS) is 1. The van der Waals surface area contributed by atoms with Gasteiger partial charge in [0.15, 0.2) is 0 Å². The second-order valence-electron chi connectivity index (χ2n) is 5.27. The molecule has 0 heterocycles. The number of carboxylic acids is 1. The Bertz CT molecular complexity index is 426. The number of likely N-dealkylation sites (N-methyl/N-ethyl adjacent to an activating group) is 1. The monoisotopic (exact) mass is 247 g/mol. The van der Waals surface area contributed by atoms with Crippen LogP contribution in [0.15, 0.2) is 24.3 Å². The summed E-state index contributed by atoms with van der Waals surface area (Å²) in [4.78, 5) is 13.4. The van der Waals surface area contributed by atoms with Gasteiger partial charge in [0, 0.05) is 12.6 Å². The third kappa shape index (κ3) is 3.10. The van der Waals surface area contributed by atoms with Crippen molar-refractivity contribution in [3.05, 3.63) is 35.4 Å². The van der Waals surface area contributed by atoms with Crippen LogP contribution in [0, 0.1) is 5.92 Å². The largest absolute Gasteiger partial charge is 0.478 e. The summed E-state index contributed by atoms with van der Waals surface area (Å²) in [6, 6.07) is 7.90. The lowest BCUT2D eigenvalue weighted by Gasteiger charge is -2.24. The Hall–Kier alpha value is -1.35. The molecule has 0 aromatic heterocycles. The first-order chi connectivity index (χ1) is 8.59. The summed E-state index contributed by atoms with van der Waals surface area (Å²) in [5.74, 6) is 0.0215. The van der Waals surface area contributed by atoms with Crippen LogP contribution in [0.4, 0.5) is 0 Å². The molecular formula is C15H21NO2. The topological polar surface area (TPSA) is 40.5 Å². The second kappa shape index (κ2) is 5.53. The number of hydrogen-bond acceptors (Lipinski definition) is 2. The molecule has 0 saturated heterocycles. The van der Waals surface area contributed by atoms with Crippen LogP contribution < -0.4 is 0 Å². The third-order valence-electron chi connectivity index (χ3n) is 3.98. The molecule has 0 bridgehead atoms. The van der Waals surface area contributed by atoms with E-state index >= 15 is 0 Å². The summed E-state index contributed by atoms with van der Waals surface area (Å²) in [5, 5.41) is 9.12. The zero-order valence-corrected chi connectivity index (χ0v) is 11.1. The minimum Gasteiger partial charge on any atom is -0.478 e. The minimum atomic E-state index is -0.830. The minimum absolute atomic E-state index is 0.435. The summed E-state index contributed by atoms with van der Waals surface area (Å²) in [6.45, 7) is 3.18. The molecule has 0 amide bonds. The number of hydrogen-bond donors (Lipinski definition) is 1. The number of benzene rings is 1. The number of rotatable bonds is 6. The van der Waals surface area contributed by atoms with Crippen molar-refractivity contribution in [3.63, 3.8) is 0 Å². The first-order valence-electron chi connectivity index (χ1n) is 6.61. The van der Waals surface area contributed by atoms with Gasteiger partial charge in [-0.25, -0.2) is 4.79 Å². The van der Waals surface area contributed by atoms with Gasteiger partial charge < -0.3 is 10.0 Å². The van der Waals surface area contributed by atoms with Gasteiger partial charge in [-0.1, -0.05) is 18.2 Å². The highest BCUT2D eigenvalue weighted by atomic mass is 16.4. The lowest BCUT2D eigenvalue weighted by molar-refractivity contribution is 0.0695. The van der Waals surface area contributed by atoms with E-state index < -0.39 is 5.97 Å². The molecule has 1 saturated carbocycles. The maximum atomic E-state index is 11.1. The average molecular weight is 247 g/mol. The Balaban J connectivity index is 1.95. The Kier molecular flexibility index (Phi) is 4.02. The van der Waals surface area contributed by atoms with Gasteiger partial charge in [-0.3, -0.25) is 0 Å². The molecule has 3 heteroatoms. The number of aromatic carboxylic acids is 1. The predicted molar refractivity (Wildman–Crippen MR) is 71.9 cm³/mol. The molecule has 18 heavy (non-hydrogen) atoms. The Labute approximate surface area is 108 Å². The summed E-state index contributed by atoms with van der Waals surface area (Å²) < 4.78 is 0. The normalized spacial score (nSPS) is 16.8. The van der Waals surface area contributed by atoms with Gasteiger partial charge in [-0.15, -0.1) is 0 Å². The van der Waals surface area contributed by atoms with Gasteiger partial charge in [-0.05, 0) is 50.8 Å². The predicted octanol–water partition coefficient (Wildman–Crippen LogP) is 2.66. The van der Waals surface area contributed by atoms with Gasteiger partial charge in [0.25, 0.3) is 0 Å². The van der Waals surface area contributed by atoms with E-state index in [2.05, 4.69) is 18.9 Å². The Morgan fingerprint density at radius 1 is 1.44 bits per heavy atom. The van der Waals surface area contributed by atoms with Crippen molar-refractivity contribution in [1.29, 1.82) is 0 Å². The van der Waals surface area contributed by atoms with Crippen LogP contribution in [0.2, 0.25) is 0 Å². The van der Waals surface area contributed by atoms with E-state index in [-0.39, 0.29) is 0 Å². The van der Waals surface area contributed by atoms with Crippen LogP contribution in [-0.4, -0.2) is 35.6 Å². The van der Waals surface area contributed by atoms with Crippen molar-refractivity contribution in [2.75, 3.05) is 13.6 Å². The summed E-state index contributed by atoms with van der Waals surface area (Å²) in [6.07, 6.45) is 3.49. The van der Waals surface area contributed by atoms with Crippen LogP contribution in [0.1, 0.15) is 35.7 Å². The molecule has 1 atom stereocenters. The highest BCUT2D eigenvalue weighted by Crippen LogP contribution is 2.34. The molecule has 98 valence electrons. The van der Waals surface area contributed by atoms with Crippen molar-refractivity contribution in [3.8, 4) is 0 Å². The zero-order valence-electron chi connectivity index (χ0n) is 11.1. The van der Waals surface area contributed by atoms with Crippen molar-refractivity contribution in [1.82, 2.24) is 4.90 Å². The quantitative estimate of drug-likeness (QED) is 0.840. The van der Waals surface area contributed by atoms with Gasteiger partial charge in [0.05, 0.1) is 5.56 Å². The molecule has 1 N–H and O–H groups in total. The maximum Gasteiger partial charge on any atom is 0.335 e. The molecule has 1 aliphatic carbocycles. The smallest absolute Gasteiger partial charge is 0.335 e. The number of carbonyl (C=O) groups is 1. The number of nitrogens with zero attached hydrogens (tertiary/aromatic N) is 1. The van der Waals surface area contributed by atoms with Crippen LogP contribution in [-0.2, 0) is 6.42 Å². The molecule has 3 nitrogen and oxygen atoms in total. The van der Waals surface area contributed by atoms with Gasteiger partial charge in [-0.2, -0.15) is 0 Å². The lowest BCUT2D eigenvalue weighted by Crippen LogP contribution is -2.32. The summed E-state index contributed by atoms with van der Waals surface area (Å²) in [7, 11) is 2.13. The van der Waals surface area contributed by atoms with E-state index in [4.69, 9.17) is 5.11 Å². The first-order valence-corrected chi connectivity index (χ1v) is 6.61. The fourth-order valence-corrected chi connectivity index (χ4v) is 2.39. The van der Waals surface area contributed by atoms with Crippen molar-refractivity contribution in [2.45, 2.75) is 32.2 Å². The van der Waals surface area contributed by atoms with Gasteiger partial charge in [0.2, 0.25) is 0 Å². The molecule has 1 fully saturated rings. The maximum absolute atomic E-state index is 11.1. The average Bonchev–Trinajstić information content (AvgIpc) is 3.19. The van der Waals surface area contributed by atoms with Crippen molar-refractivity contribution < 1.29 is 9.90 Å². The van der Waals surface area contributed by atoms with Crippen LogP contribution in [0.3, 0.4) is 0 Å². The van der Waals surface area contributed by atoms with E-state index in [0.717, 1.165) is 24.4 Å². The van der Waals surface area contributed by atoms with Crippen LogP contribution in [0.5, 0.6) is 0 Å². The van der Waals surface area contributed by atoms with Gasteiger partial charge >= 0.3 is 5.97 Å². The molecule has 0 aliphatic heterocycles. The molecule has 1 aromatic rings. The Morgan fingerprint density at radius 3 is 2.72 bits per heavy atom. The second-order valence-corrected chi connectivity index (χ2v) is 5.27. The molecule has 2 rings (SSSR count). The van der Waals surface area contributed by atoms with E-state index in [1.807, 2.05) is 12.1 Å². The molecule has 1 aliphatic rings. The van der Waals surface area contributed by atoms with E-state index in [1.54, 1.807) is 12.1 Å². The van der Waals surface area contributed by atoms with E-state index in [0.29, 0.717) is 11.6 Å². The molecule has 0 spiro atoms. The van der Waals surface area contributed by atoms with Gasteiger partial charge in [0.1, 0.15) is 0 Å². The zero-order chi connectivity index (χ0) is 13.1. The molecule has 1 aromatic carbocycles. The summed E-state index contributed by atoms with van der Waals surface area (Å²) in [5.41, 5.74) is 1.37. The standard InChI is InChI=1S/C15H21NO2/c1-11(12-7-8-12)16(2)10-9-13-5-3-4-6-14(13)15(17)18/h3-6,11-12H,7-10H2,1-2H3,(H,17,18). The molecule has 0 radical (unpaired) electrons. The Morgan fingerprint density at radius 2 is 2.11 bits per heavy atom. The van der Waals surface area contributed by atoms with E-state index in [1.165, 1.54) is 12.8 Å².